The third kappa shape index (κ3) is 3.02. The number of hydrogen-bond donors (Lipinski definition) is 2. The number of carbonyl (C=O) groups is 2. The first-order chi connectivity index (χ1) is 14.5. The smallest absolute Gasteiger partial charge is 0.259 e. The van der Waals surface area contributed by atoms with Gasteiger partial charge >= 0.3 is 0 Å². The summed E-state index contributed by atoms with van der Waals surface area (Å²) in [7, 11) is 0. The van der Waals surface area contributed by atoms with Crippen molar-refractivity contribution in [1.82, 2.24) is 10.1 Å². The highest BCUT2D eigenvalue weighted by Crippen LogP contribution is 2.32. The predicted octanol–water partition coefficient (Wildman–Crippen LogP) is 4.35. The summed E-state index contributed by atoms with van der Waals surface area (Å²) in [6.45, 7) is 3.95. The summed E-state index contributed by atoms with van der Waals surface area (Å²) in [6, 6.07) is 10.5. The Morgan fingerprint density at radius 2 is 2.10 bits per heavy atom. The van der Waals surface area contributed by atoms with Gasteiger partial charge in [-0.25, -0.2) is 4.98 Å². The Labute approximate surface area is 171 Å². The molecule has 0 fully saturated rings. The number of rotatable bonds is 4. The van der Waals surface area contributed by atoms with Gasteiger partial charge in [0.15, 0.2) is 5.76 Å². The van der Waals surface area contributed by atoms with Crippen LogP contribution in [0, 0.1) is 0 Å². The van der Waals surface area contributed by atoms with Gasteiger partial charge in [-0.3, -0.25) is 9.59 Å². The van der Waals surface area contributed by atoms with Crippen molar-refractivity contribution in [2.75, 3.05) is 10.6 Å². The Kier molecular flexibility index (Phi) is 4.13. The number of nitrogens with one attached hydrogen (secondary N) is 2. The molecule has 4 heterocycles. The second kappa shape index (κ2) is 6.84. The molecule has 0 saturated carbocycles. The van der Waals surface area contributed by atoms with Crippen LogP contribution in [0.15, 0.2) is 51.6 Å². The van der Waals surface area contributed by atoms with E-state index in [1.165, 1.54) is 0 Å². The summed E-state index contributed by atoms with van der Waals surface area (Å²) in [6.07, 6.45) is 1.84. The molecule has 2 N–H and O–H groups in total. The van der Waals surface area contributed by atoms with Gasteiger partial charge in [0.25, 0.3) is 11.6 Å². The van der Waals surface area contributed by atoms with E-state index in [1.54, 1.807) is 42.7 Å². The normalized spacial score (nSPS) is 13.0. The first-order valence-electron chi connectivity index (χ1n) is 9.58. The van der Waals surface area contributed by atoms with Crippen molar-refractivity contribution in [3.8, 4) is 11.5 Å². The molecule has 8 nitrogen and oxygen atoms in total. The van der Waals surface area contributed by atoms with Crippen LogP contribution in [0.4, 0.5) is 11.4 Å². The van der Waals surface area contributed by atoms with Gasteiger partial charge in [0, 0.05) is 11.4 Å². The lowest BCUT2D eigenvalue weighted by Crippen LogP contribution is -2.13. The van der Waals surface area contributed by atoms with Gasteiger partial charge in [-0.2, -0.15) is 0 Å². The van der Waals surface area contributed by atoms with E-state index in [0.29, 0.717) is 40.2 Å². The third-order valence-corrected chi connectivity index (χ3v) is 5.03. The van der Waals surface area contributed by atoms with Gasteiger partial charge in [-0.1, -0.05) is 19.0 Å². The zero-order chi connectivity index (χ0) is 20.8. The molecule has 1 aliphatic rings. The number of amides is 2. The molecular weight excluding hydrogens is 384 g/mol. The fraction of sp³-hybridized carbons (Fsp3) is 0.182. The monoisotopic (exact) mass is 402 g/mol. The van der Waals surface area contributed by atoms with Crippen molar-refractivity contribution in [2.24, 2.45) is 0 Å². The standard InChI is InChI=1S/C22H18N4O4/c1-11(2)20-19-14(10-16(17-4-3-7-29-17)25-22(19)30-26-20)21(28)23-13-5-6-15-12(8-13)9-18(27)24-15/h3-8,10-11H,9H2,1-2H3,(H,23,28)(H,24,27). The highest BCUT2D eigenvalue weighted by atomic mass is 16.5. The van der Waals surface area contributed by atoms with E-state index in [1.807, 2.05) is 13.8 Å². The summed E-state index contributed by atoms with van der Waals surface area (Å²) >= 11 is 0. The summed E-state index contributed by atoms with van der Waals surface area (Å²) < 4.78 is 10.9. The number of carbonyl (C=O) groups excluding carboxylic acids is 2. The Morgan fingerprint density at radius 3 is 2.87 bits per heavy atom. The molecule has 3 aromatic heterocycles. The number of pyridine rings is 1. The van der Waals surface area contributed by atoms with Crippen LogP contribution in [0.1, 0.15) is 41.4 Å². The molecule has 0 unspecified atom stereocenters. The molecule has 0 saturated heterocycles. The molecule has 5 rings (SSSR count). The van der Waals surface area contributed by atoms with E-state index >= 15 is 0 Å². The Bertz CT molecular complexity index is 1290. The lowest BCUT2D eigenvalue weighted by Gasteiger charge is -2.10. The summed E-state index contributed by atoms with van der Waals surface area (Å²) in [5.41, 5.74) is 4.03. The van der Waals surface area contributed by atoms with Gasteiger partial charge in [-0.15, -0.1) is 0 Å². The van der Waals surface area contributed by atoms with Gasteiger partial charge in [0.2, 0.25) is 5.91 Å². The molecule has 0 bridgehead atoms. The average molecular weight is 402 g/mol. The molecule has 150 valence electrons. The van der Waals surface area contributed by atoms with Crippen LogP contribution in [-0.2, 0) is 11.2 Å². The first-order valence-corrected chi connectivity index (χ1v) is 9.58. The van der Waals surface area contributed by atoms with Crippen molar-refractivity contribution in [2.45, 2.75) is 26.2 Å². The fourth-order valence-electron chi connectivity index (χ4n) is 3.60. The number of fused-ring (bicyclic) bond motifs is 2. The molecule has 0 aliphatic carbocycles. The lowest BCUT2D eigenvalue weighted by molar-refractivity contribution is -0.115. The number of furan rings is 1. The maximum Gasteiger partial charge on any atom is 0.259 e. The van der Waals surface area contributed by atoms with Crippen molar-refractivity contribution >= 4 is 34.3 Å². The van der Waals surface area contributed by atoms with Crippen molar-refractivity contribution < 1.29 is 18.5 Å². The number of aromatic nitrogens is 2. The maximum absolute atomic E-state index is 13.3. The molecule has 1 aromatic carbocycles. The average Bonchev–Trinajstić information content (AvgIpc) is 3.45. The molecule has 0 atom stereocenters. The molecule has 2 amide bonds. The quantitative estimate of drug-likeness (QED) is 0.525. The fourth-order valence-corrected chi connectivity index (χ4v) is 3.60. The number of benzene rings is 1. The summed E-state index contributed by atoms with van der Waals surface area (Å²) in [5, 5.41) is 10.4. The minimum atomic E-state index is -0.322. The Hall–Kier alpha value is -3.94. The molecule has 8 heteroatoms. The van der Waals surface area contributed by atoms with Crippen LogP contribution in [-0.4, -0.2) is 22.0 Å². The van der Waals surface area contributed by atoms with Crippen LogP contribution >= 0.6 is 0 Å². The van der Waals surface area contributed by atoms with Crippen molar-refractivity contribution in [1.29, 1.82) is 0 Å². The van der Waals surface area contributed by atoms with E-state index in [4.69, 9.17) is 8.94 Å². The Balaban J connectivity index is 1.58. The highest BCUT2D eigenvalue weighted by Gasteiger charge is 2.24. The van der Waals surface area contributed by atoms with Crippen LogP contribution < -0.4 is 10.6 Å². The van der Waals surface area contributed by atoms with Gasteiger partial charge in [0.1, 0.15) is 5.69 Å². The highest BCUT2D eigenvalue weighted by molar-refractivity contribution is 6.13. The van der Waals surface area contributed by atoms with Gasteiger partial charge < -0.3 is 19.6 Å². The summed E-state index contributed by atoms with van der Waals surface area (Å²) in [5.74, 6) is 0.192. The van der Waals surface area contributed by atoms with Crippen LogP contribution in [0.2, 0.25) is 0 Å². The topological polar surface area (TPSA) is 110 Å². The van der Waals surface area contributed by atoms with Crippen molar-refractivity contribution in [3.05, 3.63) is 59.5 Å². The second-order valence-corrected chi connectivity index (χ2v) is 7.49. The zero-order valence-electron chi connectivity index (χ0n) is 16.4. The Morgan fingerprint density at radius 1 is 1.23 bits per heavy atom. The van der Waals surface area contributed by atoms with E-state index < -0.39 is 0 Å². The molecule has 0 spiro atoms. The zero-order valence-corrected chi connectivity index (χ0v) is 16.4. The lowest BCUT2D eigenvalue weighted by atomic mass is 10.0. The van der Waals surface area contributed by atoms with Crippen LogP contribution in [0.25, 0.3) is 22.6 Å². The largest absolute Gasteiger partial charge is 0.463 e. The van der Waals surface area contributed by atoms with E-state index in [2.05, 4.69) is 20.8 Å². The maximum atomic E-state index is 13.3. The van der Waals surface area contributed by atoms with E-state index in [0.717, 1.165) is 11.3 Å². The third-order valence-electron chi connectivity index (χ3n) is 5.03. The molecule has 0 radical (unpaired) electrons. The molecule has 1 aliphatic heterocycles. The number of anilines is 2. The van der Waals surface area contributed by atoms with E-state index in [9.17, 15) is 9.59 Å². The molecular formula is C22H18N4O4. The van der Waals surface area contributed by atoms with E-state index in [-0.39, 0.29) is 23.4 Å². The van der Waals surface area contributed by atoms with Crippen LogP contribution in [0.5, 0.6) is 0 Å². The molecule has 30 heavy (non-hydrogen) atoms. The number of hydrogen-bond acceptors (Lipinski definition) is 6. The second-order valence-electron chi connectivity index (χ2n) is 7.49. The molecule has 4 aromatic rings. The predicted molar refractivity (Wildman–Crippen MR) is 110 cm³/mol. The first kappa shape index (κ1) is 18.1. The summed E-state index contributed by atoms with van der Waals surface area (Å²) in [4.78, 5) is 29.3. The van der Waals surface area contributed by atoms with Crippen LogP contribution in [0.3, 0.4) is 0 Å². The minimum Gasteiger partial charge on any atom is -0.463 e. The minimum absolute atomic E-state index is 0.0474. The SMILES string of the molecule is CC(C)c1noc2nc(-c3ccco3)cc(C(=O)Nc3ccc4c(c3)CC(=O)N4)c12. The number of nitrogens with zero attached hydrogens (tertiary/aromatic N) is 2. The van der Waals surface area contributed by atoms with Crippen molar-refractivity contribution in [3.63, 3.8) is 0 Å². The van der Waals surface area contributed by atoms with Gasteiger partial charge in [0.05, 0.1) is 29.3 Å². The van der Waals surface area contributed by atoms with Gasteiger partial charge in [-0.05, 0) is 47.9 Å².